The molecular formula is C15H22O3. The van der Waals surface area contributed by atoms with Crippen LogP contribution in [0.1, 0.15) is 40.0 Å². The molecule has 0 aliphatic rings. The summed E-state index contributed by atoms with van der Waals surface area (Å²) in [5, 5.41) is 9.41. The molecule has 0 radical (unpaired) electrons. The van der Waals surface area contributed by atoms with E-state index in [1.165, 1.54) is 0 Å². The van der Waals surface area contributed by atoms with Crippen molar-refractivity contribution in [2.45, 2.75) is 45.6 Å². The number of rotatable bonds is 7. The third-order valence-electron chi connectivity index (χ3n) is 3.37. The predicted molar refractivity (Wildman–Crippen MR) is 71.8 cm³/mol. The van der Waals surface area contributed by atoms with Crippen LogP contribution < -0.4 is 4.74 Å². The minimum atomic E-state index is -1.15. The van der Waals surface area contributed by atoms with Crippen molar-refractivity contribution in [1.82, 2.24) is 0 Å². The molecule has 0 heterocycles. The van der Waals surface area contributed by atoms with Crippen LogP contribution in [-0.4, -0.2) is 16.7 Å². The van der Waals surface area contributed by atoms with Gasteiger partial charge in [-0.05, 0) is 25.0 Å². The first kappa shape index (κ1) is 14.6. The maximum Gasteiger partial charge on any atom is 0.347 e. The van der Waals surface area contributed by atoms with Crippen molar-refractivity contribution >= 4 is 5.97 Å². The maximum absolute atomic E-state index is 11.5. The molecule has 1 aromatic carbocycles. The molecule has 0 aliphatic carbocycles. The van der Waals surface area contributed by atoms with Gasteiger partial charge in [0.05, 0.1) is 0 Å². The number of hydrogen-bond acceptors (Lipinski definition) is 2. The second-order valence-electron chi connectivity index (χ2n) is 4.84. The van der Waals surface area contributed by atoms with Crippen molar-refractivity contribution in [3.8, 4) is 5.75 Å². The first-order valence-corrected chi connectivity index (χ1v) is 6.49. The molecule has 0 saturated heterocycles. The van der Waals surface area contributed by atoms with E-state index in [-0.39, 0.29) is 0 Å². The number of ether oxygens (including phenoxy) is 1. The lowest BCUT2D eigenvalue weighted by Crippen LogP contribution is -2.43. The second kappa shape index (κ2) is 6.43. The minimum absolute atomic E-state index is 0.370. The van der Waals surface area contributed by atoms with Gasteiger partial charge in [-0.25, -0.2) is 4.79 Å². The minimum Gasteiger partial charge on any atom is -0.478 e. The SMILES string of the molecule is CCC(CC)CC(C)(Oc1ccccc1)C(=O)O. The Labute approximate surface area is 109 Å². The van der Waals surface area contributed by atoms with E-state index in [1.807, 2.05) is 18.2 Å². The zero-order valence-corrected chi connectivity index (χ0v) is 11.3. The van der Waals surface area contributed by atoms with Gasteiger partial charge in [-0.1, -0.05) is 44.9 Å². The summed E-state index contributed by atoms with van der Waals surface area (Å²) in [6.07, 6.45) is 2.47. The summed E-state index contributed by atoms with van der Waals surface area (Å²) in [4.78, 5) is 11.5. The number of carbonyl (C=O) groups is 1. The zero-order chi connectivity index (χ0) is 13.6. The van der Waals surface area contributed by atoms with E-state index in [0.717, 1.165) is 12.8 Å². The number of hydrogen-bond donors (Lipinski definition) is 1. The van der Waals surface area contributed by atoms with E-state index in [0.29, 0.717) is 18.1 Å². The van der Waals surface area contributed by atoms with Gasteiger partial charge < -0.3 is 9.84 Å². The molecule has 0 fully saturated rings. The third-order valence-corrected chi connectivity index (χ3v) is 3.37. The van der Waals surface area contributed by atoms with Crippen molar-refractivity contribution in [3.05, 3.63) is 30.3 Å². The van der Waals surface area contributed by atoms with Gasteiger partial charge in [-0.2, -0.15) is 0 Å². The number of carboxylic acids is 1. The van der Waals surface area contributed by atoms with Crippen molar-refractivity contribution in [2.24, 2.45) is 5.92 Å². The largest absolute Gasteiger partial charge is 0.478 e. The number of aliphatic carboxylic acids is 1. The van der Waals surface area contributed by atoms with Gasteiger partial charge in [0.2, 0.25) is 5.60 Å². The van der Waals surface area contributed by atoms with E-state index >= 15 is 0 Å². The first-order valence-electron chi connectivity index (χ1n) is 6.49. The standard InChI is InChI=1S/C15H22O3/c1-4-12(5-2)11-15(3,14(16)17)18-13-9-7-6-8-10-13/h6-10,12H,4-5,11H2,1-3H3,(H,16,17). The van der Waals surface area contributed by atoms with Crippen LogP contribution in [0.3, 0.4) is 0 Å². The molecule has 1 N–H and O–H groups in total. The lowest BCUT2D eigenvalue weighted by atomic mass is 9.88. The highest BCUT2D eigenvalue weighted by molar-refractivity contribution is 5.77. The molecule has 0 bridgehead atoms. The van der Waals surface area contributed by atoms with Gasteiger partial charge in [-0.3, -0.25) is 0 Å². The van der Waals surface area contributed by atoms with Crippen LogP contribution in [0.2, 0.25) is 0 Å². The van der Waals surface area contributed by atoms with Crippen LogP contribution in [0.5, 0.6) is 5.75 Å². The highest BCUT2D eigenvalue weighted by atomic mass is 16.5. The Balaban J connectivity index is 2.84. The molecule has 1 unspecified atom stereocenters. The smallest absolute Gasteiger partial charge is 0.347 e. The molecule has 100 valence electrons. The topological polar surface area (TPSA) is 46.5 Å². The highest BCUT2D eigenvalue weighted by Gasteiger charge is 2.37. The fourth-order valence-electron chi connectivity index (χ4n) is 2.05. The van der Waals surface area contributed by atoms with Crippen molar-refractivity contribution < 1.29 is 14.6 Å². The maximum atomic E-state index is 11.5. The van der Waals surface area contributed by atoms with Crippen LogP contribution in [0.4, 0.5) is 0 Å². The molecule has 0 aromatic heterocycles. The Bertz CT molecular complexity index is 371. The summed E-state index contributed by atoms with van der Waals surface area (Å²) in [6.45, 7) is 5.82. The second-order valence-corrected chi connectivity index (χ2v) is 4.84. The fourth-order valence-corrected chi connectivity index (χ4v) is 2.05. The summed E-state index contributed by atoms with van der Waals surface area (Å²) in [6, 6.07) is 9.14. The molecular weight excluding hydrogens is 228 g/mol. The summed E-state index contributed by atoms with van der Waals surface area (Å²) in [5.74, 6) is 0.0708. The van der Waals surface area contributed by atoms with Gasteiger partial charge in [0.25, 0.3) is 0 Å². The number of para-hydroxylation sites is 1. The number of carboxylic acid groups (broad SMARTS) is 1. The lowest BCUT2D eigenvalue weighted by molar-refractivity contribution is -0.155. The van der Waals surface area contributed by atoms with Crippen LogP contribution in [0.25, 0.3) is 0 Å². The molecule has 0 spiro atoms. The summed E-state index contributed by atoms with van der Waals surface area (Å²) < 4.78 is 5.70. The van der Waals surface area contributed by atoms with E-state index in [2.05, 4.69) is 13.8 Å². The monoisotopic (exact) mass is 250 g/mol. The Morgan fingerprint density at radius 3 is 2.28 bits per heavy atom. The van der Waals surface area contributed by atoms with Crippen LogP contribution in [-0.2, 0) is 4.79 Å². The van der Waals surface area contributed by atoms with Gasteiger partial charge >= 0.3 is 5.97 Å². The van der Waals surface area contributed by atoms with E-state index in [4.69, 9.17) is 4.74 Å². The van der Waals surface area contributed by atoms with Crippen LogP contribution in [0, 0.1) is 5.92 Å². The van der Waals surface area contributed by atoms with E-state index in [1.54, 1.807) is 19.1 Å². The van der Waals surface area contributed by atoms with Gasteiger partial charge in [0, 0.05) is 6.42 Å². The Morgan fingerprint density at radius 2 is 1.83 bits per heavy atom. The Morgan fingerprint density at radius 1 is 1.28 bits per heavy atom. The van der Waals surface area contributed by atoms with Crippen molar-refractivity contribution in [3.63, 3.8) is 0 Å². The molecule has 3 heteroatoms. The fraction of sp³-hybridized carbons (Fsp3) is 0.533. The third kappa shape index (κ3) is 3.76. The van der Waals surface area contributed by atoms with Crippen molar-refractivity contribution in [1.29, 1.82) is 0 Å². The Kier molecular flexibility index (Phi) is 5.20. The van der Waals surface area contributed by atoms with Crippen LogP contribution >= 0.6 is 0 Å². The van der Waals surface area contributed by atoms with Gasteiger partial charge in [-0.15, -0.1) is 0 Å². The molecule has 1 rings (SSSR count). The summed E-state index contributed by atoms with van der Waals surface area (Å²) >= 11 is 0. The average molecular weight is 250 g/mol. The summed E-state index contributed by atoms with van der Waals surface area (Å²) in [7, 11) is 0. The molecule has 18 heavy (non-hydrogen) atoms. The molecule has 0 aliphatic heterocycles. The zero-order valence-electron chi connectivity index (χ0n) is 11.3. The average Bonchev–Trinajstić information content (AvgIpc) is 2.37. The number of benzene rings is 1. The highest BCUT2D eigenvalue weighted by Crippen LogP contribution is 2.27. The summed E-state index contributed by atoms with van der Waals surface area (Å²) in [5.41, 5.74) is -1.15. The molecule has 3 nitrogen and oxygen atoms in total. The molecule has 1 aromatic rings. The van der Waals surface area contributed by atoms with Crippen LogP contribution in [0.15, 0.2) is 30.3 Å². The lowest BCUT2D eigenvalue weighted by Gasteiger charge is -2.29. The quantitative estimate of drug-likeness (QED) is 0.802. The van der Waals surface area contributed by atoms with Gasteiger partial charge in [0.1, 0.15) is 5.75 Å². The Hall–Kier alpha value is -1.51. The first-order chi connectivity index (χ1) is 8.51. The molecule has 0 amide bonds. The predicted octanol–water partition coefficient (Wildman–Crippen LogP) is 3.74. The molecule has 1 atom stereocenters. The molecule has 0 saturated carbocycles. The normalized spacial score (nSPS) is 14.2. The van der Waals surface area contributed by atoms with Gasteiger partial charge in [0.15, 0.2) is 0 Å². The van der Waals surface area contributed by atoms with Crippen molar-refractivity contribution in [2.75, 3.05) is 0 Å². The van der Waals surface area contributed by atoms with E-state index < -0.39 is 11.6 Å². The van der Waals surface area contributed by atoms with E-state index in [9.17, 15) is 9.90 Å².